The third-order valence-corrected chi connectivity index (χ3v) is 4.57. The molecule has 1 nitrogen and oxygen atoms in total. The summed E-state index contributed by atoms with van der Waals surface area (Å²) in [7, 11) is 0. The van der Waals surface area contributed by atoms with E-state index in [1.54, 1.807) is 0 Å². The van der Waals surface area contributed by atoms with E-state index in [2.05, 4.69) is 60.7 Å². The van der Waals surface area contributed by atoms with E-state index in [-0.39, 0.29) is 5.54 Å². The Kier molecular flexibility index (Phi) is 5.52. The Bertz CT molecular complexity index is 272. The summed E-state index contributed by atoms with van der Waals surface area (Å²) in [6.07, 6.45) is 5.41. The molecule has 1 heteroatoms. The molecule has 0 heterocycles. The monoisotopic (exact) mass is 267 g/mol. The van der Waals surface area contributed by atoms with Crippen LogP contribution in [0.4, 0.5) is 0 Å². The molecular weight excluding hydrogens is 230 g/mol. The number of rotatable bonds is 4. The number of nitrogens with one attached hydrogen (secondary N) is 1. The van der Waals surface area contributed by atoms with Gasteiger partial charge in [-0.25, -0.2) is 0 Å². The fraction of sp³-hybridized carbons (Fsp3) is 1.00. The van der Waals surface area contributed by atoms with Crippen LogP contribution in [-0.4, -0.2) is 11.6 Å². The maximum atomic E-state index is 4.01. The van der Waals surface area contributed by atoms with Crippen LogP contribution in [-0.2, 0) is 0 Å². The summed E-state index contributed by atoms with van der Waals surface area (Å²) >= 11 is 0. The molecule has 1 aliphatic carbocycles. The fourth-order valence-electron chi connectivity index (χ4n) is 4.25. The molecule has 114 valence electrons. The van der Waals surface area contributed by atoms with Crippen LogP contribution in [0, 0.1) is 23.2 Å². The Morgan fingerprint density at radius 1 is 1.05 bits per heavy atom. The molecule has 1 fully saturated rings. The van der Waals surface area contributed by atoms with Gasteiger partial charge in [0, 0.05) is 11.6 Å². The SMILES string of the molecule is CC1CCC(C(C)C)C(NC(C)(C)CC(C)(C)C)C1. The Labute approximate surface area is 121 Å². The molecule has 0 radical (unpaired) electrons. The first kappa shape index (κ1) is 17.0. The first-order valence-corrected chi connectivity index (χ1v) is 8.28. The van der Waals surface area contributed by atoms with E-state index in [4.69, 9.17) is 0 Å². The molecule has 3 unspecified atom stereocenters. The Morgan fingerprint density at radius 2 is 1.63 bits per heavy atom. The average molecular weight is 268 g/mol. The van der Waals surface area contributed by atoms with Gasteiger partial charge in [-0.2, -0.15) is 0 Å². The minimum absolute atomic E-state index is 0.243. The third kappa shape index (κ3) is 5.85. The van der Waals surface area contributed by atoms with Gasteiger partial charge in [-0.05, 0) is 56.3 Å². The maximum absolute atomic E-state index is 4.01. The highest BCUT2D eigenvalue weighted by Gasteiger charge is 2.35. The predicted octanol–water partition coefficient (Wildman–Crippen LogP) is 5.25. The molecule has 0 aliphatic heterocycles. The molecule has 0 bridgehead atoms. The van der Waals surface area contributed by atoms with Crippen molar-refractivity contribution in [1.82, 2.24) is 5.32 Å². The van der Waals surface area contributed by atoms with Gasteiger partial charge in [0.2, 0.25) is 0 Å². The molecule has 1 saturated carbocycles. The highest BCUT2D eigenvalue weighted by molar-refractivity contribution is 4.92. The van der Waals surface area contributed by atoms with Gasteiger partial charge < -0.3 is 5.32 Å². The van der Waals surface area contributed by atoms with E-state index in [1.165, 1.54) is 25.7 Å². The van der Waals surface area contributed by atoms with Crippen LogP contribution in [0.15, 0.2) is 0 Å². The van der Waals surface area contributed by atoms with Crippen molar-refractivity contribution in [2.75, 3.05) is 0 Å². The van der Waals surface area contributed by atoms with Crippen molar-refractivity contribution < 1.29 is 0 Å². The second-order valence-electron chi connectivity index (χ2n) is 9.20. The van der Waals surface area contributed by atoms with Crippen molar-refractivity contribution in [1.29, 1.82) is 0 Å². The van der Waals surface area contributed by atoms with Crippen molar-refractivity contribution in [3.05, 3.63) is 0 Å². The fourth-order valence-corrected chi connectivity index (χ4v) is 4.25. The van der Waals surface area contributed by atoms with Crippen molar-refractivity contribution in [3.8, 4) is 0 Å². The van der Waals surface area contributed by atoms with Gasteiger partial charge in [0.25, 0.3) is 0 Å². The predicted molar refractivity (Wildman–Crippen MR) is 86.4 cm³/mol. The first-order chi connectivity index (χ1) is 8.50. The topological polar surface area (TPSA) is 12.0 Å². The van der Waals surface area contributed by atoms with E-state index in [0.717, 1.165) is 17.8 Å². The summed E-state index contributed by atoms with van der Waals surface area (Å²) in [6, 6.07) is 0.709. The number of hydrogen-bond donors (Lipinski definition) is 1. The Balaban J connectivity index is 2.70. The zero-order valence-electron chi connectivity index (χ0n) is 14.6. The molecule has 0 amide bonds. The van der Waals surface area contributed by atoms with Crippen LogP contribution in [0.3, 0.4) is 0 Å². The quantitative estimate of drug-likeness (QED) is 0.733. The zero-order valence-corrected chi connectivity index (χ0v) is 14.6. The first-order valence-electron chi connectivity index (χ1n) is 8.28. The summed E-state index contributed by atoms with van der Waals surface area (Å²) in [6.45, 7) is 19.0. The van der Waals surface area contributed by atoms with Gasteiger partial charge in [-0.15, -0.1) is 0 Å². The minimum atomic E-state index is 0.243. The molecular formula is C18H37N. The van der Waals surface area contributed by atoms with Crippen LogP contribution < -0.4 is 5.32 Å². The lowest BCUT2D eigenvalue weighted by Gasteiger charge is -2.44. The average Bonchev–Trinajstić information content (AvgIpc) is 2.11. The zero-order chi connectivity index (χ0) is 14.8. The molecule has 0 aromatic rings. The van der Waals surface area contributed by atoms with E-state index in [1.807, 2.05) is 0 Å². The van der Waals surface area contributed by atoms with Crippen LogP contribution in [0.1, 0.15) is 81.1 Å². The van der Waals surface area contributed by atoms with Gasteiger partial charge in [0.05, 0.1) is 0 Å². The summed E-state index contributed by atoms with van der Waals surface area (Å²) < 4.78 is 0. The van der Waals surface area contributed by atoms with Crippen LogP contribution in [0.2, 0.25) is 0 Å². The number of hydrogen-bond acceptors (Lipinski definition) is 1. The highest BCUT2D eigenvalue weighted by Crippen LogP contribution is 2.36. The van der Waals surface area contributed by atoms with Gasteiger partial charge >= 0.3 is 0 Å². The van der Waals surface area contributed by atoms with Crippen LogP contribution in [0.5, 0.6) is 0 Å². The molecule has 1 N–H and O–H groups in total. The molecule has 19 heavy (non-hydrogen) atoms. The largest absolute Gasteiger partial charge is 0.309 e. The lowest BCUT2D eigenvalue weighted by Crippen LogP contribution is -2.53. The summed E-state index contributed by atoms with van der Waals surface area (Å²) in [5.41, 5.74) is 0.636. The lowest BCUT2D eigenvalue weighted by atomic mass is 9.72. The summed E-state index contributed by atoms with van der Waals surface area (Å²) in [4.78, 5) is 0. The van der Waals surface area contributed by atoms with Gasteiger partial charge in [-0.3, -0.25) is 0 Å². The molecule has 0 saturated heterocycles. The molecule has 1 rings (SSSR count). The molecule has 0 aromatic carbocycles. The van der Waals surface area contributed by atoms with E-state index in [9.17, 15) is 0 Å². The third-order valence-electron chi connectivity index (χ3n) is 4.57. The Morgan fingerprint density at radius 3 is 2.11 bits per heavy atom. The second kappa shape index (κ2) is 6.16. The molecule has 1 aliphatic rings. The molecule has 3 atom stereocenters. The van der Waals surface area contributed by atoms with E-state index >= 15 is 0 Å². The molecule has 0 aromatic heterocycles. The van der Waals surface area contributed by atoms with Crippen molar-refractivity contribution in [2.24, 2.45) is 23.2 Å². The van der Waals surface area contributed by atoms with Gasteiger partial charge in [0.15, 0.2) is 0 Å². The smallest absolute Gasteiger partial charge is 0.0132 e. The van der Waals surface area contributed by atoms with Crippen LogP contribution >= 0.6 is 0 Å². The normalized spacial score (nSPS) is 29.8. The second-order valence-corrected chi connectivity index (χ2v) is 9.20. The van der Waals surface area contributed by atoms with Crippen molar-refractivity contribution in [3.63, 3.8) is 0 Å². The molecule has 0 spiro atoms. The minimum Gasteiger partial charge on any atom is -0.309 e. The highest BCUT2D eigenvalue weighted by atomic mass is 15.0. The maximum Gasteiger partial charge on any atom is 0.0132 e. The van der Waals surface area contributed by atoms with Crippen LogP contribution in [0.25, 0.3) is 0 Å². The van der Waals surface area contributed by atoms with Crippen molar-refractivity contribution in [2.45, 2.75) is 92.7 Å². The summed E-state index contributed by atoms with van der Waals surface area (Å²) in [5.74, 6) is 2.55. The van der Waals surface area contributed by atoms with Crippen molar-refractivity contribution >= 4 is 0 Å². The van der Waals surface area contributed by atoms with Gasteiger partial charge in [0.1, 0.15) is 0 Å². The van der Waals surface area contributed by atoms with E-state index in [0.29, 0.717) is 11.5 Å². The summed E-state index contributed by atoms with van der Waals surface area (Å²) in [5, 5.41) is 4.01. The van der Waals surface area contributed by atoms with E-state index < -0.39 is 0 Å². The standard InChI is InChI=1S/C18H37N/c1-13(2)15-10-9-14(3)11-16(15)19-18(7,8)12-17(4,5)6/h13-16,19H,9-12H2,1-8H3. The van der Waals surface area contributed by atoms with Gasteiger partial charge in [-0.1, -0.05) is 48.0 Å². The lowest BCUT2D eigenvalue weighted by molar-refractivity contribution is 0.123. The Hall–Kier alpha value is -0.0400.